The molecule has 0 aliphatic heterocycles. The molecule has 0 radical (unpaired) electrons. The van der Waals surface area contributed by atoms with Gasteiger partial charge in [0.1, 0.15) is 0 Å². The highest BCUT2D eigenvalue weighted by atomic mass is 32.1. The van der Waals surface area contributed by atoms with Gasteiger partial charge in [0.2, 0.25) is 5.01 Å². The summed E-state index contributed by atoms with van der Waals surface area (Å²) in [6.45, 7) is -0.625. The van der Waals surface area contributed by atoms with E-state index in [0.717, 1.165) is 30.2 Å². The van der Waals surface area contributed by atoms with Gasteiger partial charge in [0.05, 0.1) is 5.56 Å². The zero-order chi connectivity index (χ0) is 19.5. The van der Waals surface area contributed by atoms with Crippen molar-refractivity contribution in [3.63, 3.8) is 0 Å². The van der Waals surface area contributed by atoms with Gasteiger partial charge in [0.15, 0.2) is 6.61 Å². The van der Waals surface area contributed by atoms with Crippen molar-refractivity contribution >= 4 is 22.9 Å². The molecule has 0 aliphatic rings. The van der Waals surface area contributed by atoms with Crippen LogP contribution in [0.1, 0.15) is 10.6 Å². The summed E-state index contributed by atoms with van der Waals surface area (Å²) < 4.78 is 73.6. The number of amides is 1. The zero-order valence-electron chi connectivity index (χ0n) is 13.4. The molecule has 0 saturated heterocycles. The number of rotatable bonds is 6. The molecule has 1 aromatic carbocycles. The van der Waals surface area contributed by atoms with Gasteiger partial charge >= 0.3 is 12.3 Å². The fourth-order valence-electron chi connectivity index (χ4n) is 1.73. The van der Waals surface area contributed by atoms with Gasteiger partial charge in [-0.3, -0.25) is 4.79 Å². The lowest BCUT2D eigenvalue weighted by molar-refractivity contribution is -0.231. The molecule has 0 atom stereocenters. The Morgan fingerprint density at radius 1 is 1.23 bits per heavy atom. The number of carbonyl (C=O) groups excluding carboxylic acids is 1. The Hall–Kier alpha value is -2.34. The number of benzene rings is 1. The molecule has 0 fully saturated rings. The topological polar surface area (TPSA) is 64.6 Å². The monoisotopic (exact) mass is 397 g/mol. The van der Waals surface area contributed by atoms with E-state index in [0.29, 0.717) is 11.3 Å². The largest absolute Gasteiger partial charge is 0.459 e. The zero-order valence-corrected chi connectivity index (χ0v) is 14.2. The Kier molecular flexibility index (Phi) is 5.76. The maximum Gasteiger partial charge on any atom is 0.416 e. The SMILES string of the molecule is COC(F)(F)c1nnc(OCC(=O)N(C)c2cccc(C(F)(F)F)c2)s1. The van der Waals surface area contributed by atoms with Crippen molar-refractivity contribution in [2.75, 3.05) is 25.7 Å². The van der Waals surface area contributed by atoms with Gasteiger partial charge in [-0.1, -0.05) is 22.5 Å². The van der Waals surface area contributed by atoms with E-state index in [4.69, 9.17) is 4.74 Å². The number of likely N-dealkylation sites (N-methyl/N-ethyl adjacent to an activating group) is 1. The molecule has 0 unspecified atom stereocenters. The number of halogens is 5. The van der Waals surface area contributed by atoms with Gasteiger partial charge in [-0.15, -0.1) is 5.10 Å². The molecule has 0 aliphatic carbocycles. The molecule has 0 N–H and O–H groups in total. The van der Waals surface area contributed by atoms with Crippen molar-refractivity contribution in [3.8, 4) is 5.19 Å². The van der Waals surface area contributed by atoms with Crippen LogP contribution >= 0.6 is 11.3 Å². The number of aromatic nitrogens is 2. The molecule has 1 heterocycles. The Labute approximate surface area is 148 Å². The summed E-state index contributed by atoms with van der Waals surface area (Å²) in [4.78, 5) is 13.0. The number of hydrogen-bond donors (Lipinski definition) is 0. The third kappa shape index (κ3) is 4.64. The highest BCUT2D eigenvalue weighted by Gasteiger charge is 2.36. The Morgan fingerprint density at radius 3 is 2.54 bits per heavy atom. The fourth-order valence-corrected chi connectivity index (χ4v) is 2.38. The highest BCUT2D eigenvalue weighted by molar-refractivity contribution is 7.13. The quantitative estimate of drug-likeness (QED) is 0.700. The summed E-state index contributed by atoms with van der Waals surface area (Å²) in [6, 6.07) is 4.15. The van der Waals surface area contributed by atoms with Crippen LogP contribution in [0.2, 0.25) is 0 Å². The van der Waals surface area contributed by atoms with Crippen molar-refractivity contribution in [1.82, 2.24) is 10.2 Å². The Morgan fingerprint density at radius 2 is 1.92 bits per heavy atom. The highest BCUT2D eigenvalue weighted by Crippen LogP contribution is 2.33. The average Bonchev–Trinajstić information content (AvgIpc) is 3.08. The second-order valence-electron chi connectivity index (χ2n) is 4.88. The van der Waals surface area contributed by atoms with Crippen molar-refractivity contribution in [1.29, 1.82) is 0 Å². The lowest BCUT2D eigenvalue weighted by Crippen LogP contribution is -2.31. The van der Waals surface area contributed by atoms with Gasteiger partial charge in [0, 0.05) is 19.8 Å². The van der Waals surface area contributed by atoms with Gasteiger partial charge in [-0.05, 0) is 18.2 Å². The number of carbonyl (C=O) groups is 1. The molecular formula is C14H12F5N3O3S. The van der Waals surface area contributed by atoms with E-state index in [1.54, 1.807) is 0 Å². The van der Waals surface area contributed by atoms with Crippen molar-refractivity contribution in [2.24, 2.45) is 0 Å². The first-order valence-electron chi connectivity index (χ1n) is 6.88. The first kappa shape index (κ1) is 20.0. The van der Waals surface area contributed by atoms with Crippen molar-refractivity contribution in [2.45, 2.75) is 12.3 Å². The minimum atomic E-state index is -4.55. The van der Waals surface area contributed by atoms with Gasteiger partial charge in [-0.2, -0.15) is 22.0 Å². The van der Waals surface area contributed by atoms with Crippen LogP contribution < -0.4 is 9.64 Å². The normalized spacial score (nSPS) is 12.1. The second-order valence-corrected chi connectivity index (χ2v) is 5.82. The van der Waals surface area contributed by atoms with E-state index in [2.05, 4.69) is 14.9 Å². The molecule has 2 aromatic rings. The number of hydrogen-bond acceptors (Lipinski definition) is 6. The summed E-state index contributed by atoms with van der Waals surface area (Å²) in [5, 5.41) is 5.49. The van der Waals surface area contributed by atoms with Crippen LogP contribution in [0.25, 0.3) is 0 Å². The van der Waals surface area contributed by atoms with E-state index in [-0.39, 0.29) is 10.9 Å². The van der Waals surface area contributed by atoms with E-state index >= 15 is 0 Å². The predicted molar refractivity (Wildman–Crippen MR) is 81.2 cm³/mol. The van der Waals surface area contributed by atoms with Gasteiger partial charge in [0.25, 0.3) is 11.1 Å². The summed E-state index contributed by atoms with van der Waals surface area (Å²) in [7, 11) is 2.04. The number of ether oxygens (including phenoxy) is 2. The third-order valence-corrected chi connectivity index (χ3v) is 4.05. The average molecular weight is 397 g/mol. The van der Waals surface area contributed by atoms with Crippen LogP contribution in [0.4, 0.5) is 27.6 Å². The van der Waals surface area contributed by atoms with Gasteiger partial charge < -0.3 is 14.4 Å². The van der Waals surface area contributed by atoms with Crippen molar-refractivity contribution in [3.05, 3.63) is 34.8 Å². The lowest BCUT2D eigenvalue weighted by Gasteiger charge is -2.18. The van der Waals surface area contributed by atoms with Gasteiger partial charge in [-0.25, -0.2) is 0 Å². The van der Waals surface area contributed by atoms with E-state index in [9.17, 15) is 26.7 Å². The minimum absolute atomic E-state index is 0.00251. The molecule has 26 heavy (non-hydrogen) atoms. The molecule has 12 heteroatoms. The van der Waals surface area contributed by atoms with Crippen LogP contribution in [0.5, 0.6) is 5.19 Å². The minimum Gasteiger partial charge on any atom is -0.459 e. The summed E-state index contributed by atoms with van der Waals surface area (Å²) in [5.41, 5.74) is -0.913. The molecule has 0 saturated carbocycles. The van der Waals surface area contributed by atoms with E-state index < -0.39 is 35.4 Å². The van der Waals surface area contributed by atoms with E-state index in [1.807, 2.05) is 0 Å². The smallest absolute Gasteiger partial charge is 0.416 e. The van der Waals surface area contributed by atoms with Crippen LogP contribution in [0.15, 0.2) is 24.3 Å². The van der Waals surface area contributed by atoms with Crippen LogP contribution in [0, 0.1) is 0 Å². The number of methoxy groups -OCH3 is 1. The maximum absolute atomic E-state index is 13.2. The second kappa shape index (κ2) is 7.50. The first-order valence-corrected chi connectivity index (χ1v) is 7.70. The first-order chi connectivity index (χ1) is 12.0. The molecular weight excluding hydrogens is 385 g/mol. The Bertz CT molecular complexity index is 781. The molecule has 142 valence electrons. The van der Waals surface area contributed by atoms with Crippen molar-refractivity contribution < 1.29 is 36.2 Å². The standard InChI is InChI=1S/C14H12F5N3O3S/c1-22(9-5-3-4-8(6-9)13(15,16)17)10(23)7-25-12-21-20-11(26-12)14(18,19)24-2/h3-6H,7H2,1-2H3. The molecule has 0 bridgehead atoms. The number of alkyl halides is 5. The van der Waals surface area contributed by atoms with Crippen LogP contribution in [-0.2, 0) is 21.8 Å². The molecule has 0 spiro atoms. The number of anilines is 1. The molecule has 2 rings (SSSR count). The third-order valence-electron chi connectivity index (χ3n) is 3.17. The number of nitrogens with zero attached hydrogens (tertiary/aromatic N) is 3. The summed E-state index contributed by atoms with van der Waals surface area (Å²) in [5.74, 6) is -0.709. The maximum atomic E-state index is 13.2. The molecule has 1 aromatic heterocycles. The predicted octanol–water partition coefficient (Wildman–Crippen LogP) is 3.29. The van der Waals surface area contributed by atoms with Crippen LogP contribution in [-0.4, -0.2) is 36.9 Å². The lowest BCUT2D eigenvalue weighted by atomic mass is 10.2. The Balaban J connectivity index is 2.02. The summed E-state index contributed by atoms with van der Waals surface area (Å²) >= 11 is 0.381. The molecule has 1 amide bonds. The molecule has 6 nitrogen and oxygen atoms in total. The fraction of sp³-hybridized carbons (Fsp3) is 0.357. The van der Waals surface area contributed by atoms with E-state index in [1.165, 1.54) is 13.1 Å². The summed E-state index contributed by atoms with van der Waals surface area (Å²) in [6.07, 6.45) is -8.19. The van der Waals surface area contributed by atoms with Crippen LogP contribution in [0.3, 0.4) is 0 Å².